The fourth-order valence-corrected chi connectivity index (χ4v) is 1.32. The van der Waals surface area contributed by atoms with Gasteiger partial charge in [-0.3, -0.25) is 9.59 Å². The van der Waals surface area contributed by atoms with E-state index in [1.165, 1.54) is 0 Å². The van der Waals surface area contributed by atoms with E-state index in [0.29, 0.717) is 12.1 Å². The van der Waals surface area contributed by atoms with Crippen molar-refractivity contribution in [2.75, 3.05) is 7.05 Å². The quantitative estimate of drug-likeness (QED) is 0.573. The van der Waals surface area contributed by atoms with Crippen LogP contribution in [0.2, 0.25) is 0 Å². The Hall–Kier alpha value is -1.52. The second-order valence-electron chi connectivity index (χ2n) is 5.09. The van der Waals surface area contributed by atoms with E-state index in [1.807, 2.05) is 13.8 Å². The maximum Gasteiger partial charge on any atom is 0.309 e. The molecule has 0 saturated carbocycles. The molecule has 0 aliphatic carbocycles. The van der Waals surface area contributed by atoms with E-state index in [0.717, 1.165) is 0 Å². The maximum atomic E-state index is 11.7. The van der Waals surface area contributed by atoms with E-state index in [9.17, 15) is 9.59 Å². The molecule has 5 nitrogen and oxygen atoms in total. The molecule has 5 heteroatoms. The Kier molecular flexibility index (Phi) is 8.92. The van der Waals surface area contributed by atoms with E-state index in [2.05, 4.69) is 17.2 Å². The van der Waals surface area contributed by atoms with Gasteiger partial charge >= 0.3 is 5.97 Å². The minimum absolute atomic E-state index is 0.0304. The Morgan fingerprint density at radius 2 is 1.74 bits per heavy atom. The molecule has 0 rings (SSSR count). The van der Waals surface area contributed by atoms with Gasteiger partial charge in [0.2, 0.25) is 6.41 Å². The standard InChI is InChI=1S/C12H22N2O3.C2H6/c1-9(13-6)12(5,14-8-15)7-10(16)17-11(2,3)4;1-2/h8,13H,1,7H2,2-6H3,(H,14,15);1-2H3. The van der Waals surface area contributed by atoms with Crippen LogP contribution in [0.3, 0.4) is 0 Å². The molecule has 0 aromatic rings. The molecule has 0 fully saturated rings. The second kappa shape index (κ2) is 8.56. The number of amides is 1. The van der Waals surface area contributed by atoms with E-state index in [-0.39, 0.29) is 12.4 Å². The van der Waals surface area contributed by atoms with Crippen LogP contribution in [0.15, 0.2) is 12.3 Å². The Balaban J connectivity index is 0. The van der Waals surface area contributed by atoms with Crippen LogP contribution in [0.25, 0.3) is 0 Å². The molecule has 0 heterocycles. The number of carbonyl (C=O) groups excluding carboxylic acids is 2. The van der Waals surface area contributed by atoms with Gasteiger partial charge in [0.25, 0.3) is 0 Å². The van der Waals surface area contributed by atoms with Gasteiger partial charge < -0.3 is 15.4 Å². The molecule has 1 atom stereocenters. The van der Waals surface area contributed by atoms with Crippen LogP contribution >= 0.6 is 0 Å². The molecule has 0 aliphatic heterocycles. The van der Waals surface area contributed by atoms with Crippen molar-refractivity contribution < 1.29 is 14.3 Å². The summed E-state index contributed by atoms with van der Waals surface area (Å²) in [4.78, 5) is 22.3. The Morgan fingerprint density at radius 3 is 2.05 bits per heavy atom. The van der Waals surface area contributed by atoms with Crippen LogP contribution in [-0.4, -0.2) is 30.6 Å². The van der Waals surface area contributed by atoms with Gasteiger partial charge in [-0.1, -0.05) is 20.4 Å². The average molecular weight is 272 g/mol. The molecule has 0 spiro atoms. The summed E-state index contributed by atoms with van der Waals surface area (Å²) in [6.45, 7) is 14.9. The SMILES string of the molecule is C=C(NC)C(C)(CC(=O)OC(C)(C)C)NC=O.CC. The van der Waals surface area contributed by atoms with Crippen LogP contribution in [0, 0.1) is 0 Å². The van der Waals surface area contributed by atoms with Gasteiger partial charge in [-0.25, -0.2) is 0 Å². The predicted molar refractivity (Wildman–Crippen MR) is 77.6 cm³/mol. The highest BCUT2D eigenvalue weighted by atomic mass is 16.6. The maximum absolute atomic E-state index is 11.7. The highest BCUT2D eigenvalue weighted by Crippen LogP contribution is 2.19. The van der Waals surface area contributed by atoms with Crippen molar-refractivity contribution in [1.29, 1.82) is 0 Å². The molecule has 0 aromatic carbocycles. The van der Waals surface area contributed by atoms with Gasteiger partial charge in [0.05, 0.1) is 12.0 Å². The van der Waals surface area contributed by atoms with Crippen LogP contribution in [0.4, 0.5) is 0 Å². The summed E-state index contributed by atoms with van der Waals surface area (Å²) in [5.41, 5.74) is -0.839. The summed E-state index contributed by atoms with van der Waals surface area (Å²) in [7, 11) is 1.68. The lowest BCUT2D eigenvalue weighted by Crippen LogP contribution is -2.48. The van der Waals surface area contributed by atoms with Crippen molar-refractivity contribution in [2.24, 2.45) is 0 Å². The second-order valence-corrected chi connectivity index (χ2v) is 5.09. The first-order valence-electron chi connectivity index (χ1n) is 6.45. The van der Waals surface area contributed by atoms with Crippen molar-refractivity contribution in [1.82, 2.24) is 10.6 Å². The van der Waals surface area contributed by atoms with Gasteiger partial charge in [-0.15, -0.1) is 0 Å². The number of hydrogen-bond donors (Lipinski definition) is 2. The van der Waals surface area contributed by atoms with E-state index in [4.69, 9.17) is 4.74 Å². The lowest BCUT2D eigenvalue weighted by molar-refractivity contribution is -0.156. The van der Waals surface area contributed by atoms with Gasteiger partial charge in [0.15, 0.2) is 0 Å². The van der Waals surface area contributed by atoms with Crippen molar-refractivity contribution in [3.8, 4) is 0 Å². The molecule has 19 heavy (non-hydrogen) atoms. The third kappa shape index (κ3) is 8.24. The summed E-state index contributed by atoms with van der Waals surface area (Å²) in [6, 6.07) is 0. The Bertz CT molecular complexity index is 308. The molecule has 0 radical (unpaired) electrons. The summed E-state index contributed by atoms with van der Waals surface area (Å²) < 4.78 is 5.21. The fraction of sp³-hybridized carbons (Fsp3) is 0.714. The monoisotopic (exact) mass is 272 g/mol. The number of carbonyl (C=O) groups is 2. The third-order valence-electron chi connectivity index (χ3n) is 2.26. The lowest BCUT2D eigenvalue weighted by Gasteiger charge is -2.31. The topological polar surface area (TPSA) is 67.4 Å². The van der Waals surface area contributed by atoms with Crippen molar-refractivity contribution in [3.05, 3.63) is 12.3 Å². The van der Waals surface area contributed by atoms with Crippen LogP contribution in [0.5, 0.6) is 0 Å². The molecular formula is C14H28N2O3. The van der Waals surface area contributed by atoms with Gasteiger partial charge in [-0.05, 0) is 27.7 Å². The van der Waals surface area contributed by atoms with E-state index < -0.39 is 11.1 Å². The van der Waals surface area contributed by atoms with Crippen molar-refractivity contribution in [3.63, 3.8) is 0 Å². The molecule has 1 amide bonds. The molecular weight excluding hydrogens is 244 g/mol. The molecule has 0 bridgehead atoms. The molecule has 0 saturated heterocycles. The number of rotatable bonds is 6. The number of nitrogens with one attached hydrogen (secondary N) is 2. The summed E-state index contributed by atoms with van der Waals surface area (Å²) in [6.07, 6.45) is 0.579. The largest absolute Gasteiger partial charge is 0.460 e. The zero-order valence-electron chi connectivity index (χ0n) is 13.2. The Labute approximate surface area is 116 Å². The number of likely N-dealkylation sites (N-methyl/N-ethyl adjacent to an activating group) is 1. The first-order valence-corrected chi connectivity index (χ1v) is 6.45. The van der Waals surface area contributed by atoms with E-state index in [1.54, 1.807) is 34.7 Å². The fourth-order valence-electron chi connectivity index (χ4n) is 1.32. The van der Waals surface area contributed by atoms with E-state index >= 15 is 0 Å². The summed E-state index contributed by atoms with van der Waals surface area (Å²) >= 11 is 0. The van der Waals surface area contributed by atoms with Crippen molar-refractivity contribution >= 4 is 12.4 Å². The third-order valence-corrected chi connectivity index (χ3v) is 2.26. The first kappa shape index (κ1) is 19.8. The Morgan fingerprint density at radius 1 is 1.26 bits per heavy atom. The van der Waals surface area contributed by atoms with Crippen LogP contribution < -0.4 is 10.6 Å². The molecule has 112 valence electrons. The molecule has 0 aliphatic rings. The lowest BCUT2D eigenvalue weighted by atomic mass is 9.94. The summed E-state index contributed by atoms with van der Waals surface area (Å²) in [5.74, 6) is -0.384. The average Bonchev–Trinajstić information content (AvgIpc) is 2.28. The van der Waals surface area contributed by atoms with Crippen LogP contribution in [-0.2, 0) is 14.3 Å². The molecule has 0 aromatic heterocycles. The smallest absolute Gasteiger partial charge is 0.309 e. The predicted octanol–water partition coefficient (Wildman–Crippen LogP) is 1.98. The highest BCUT2D eigenvalue weighted by molar-refractivity contribution is 5.73. The zero-order valence-corrected chi connectivity index (χ0v) is 13.2. The van der Waals surface area contributed by atoms with Gasteiger partial charge in [0, 0.05) is 12.7 Å². The number of hydrogen-bond acceptors (Lipinski definition) is 4. The normalized spacial score (nSPS) is 13.2. The van der Waals surface area contributed by atoms with Gasteiger partial charge in [0.1, 0.15) is 5.60 Å². The zero-order chi connectivity index (χ0) is 15.7. The van der Waals surface area contributed by atoms with Crippen LogP contribution in [0.1, 0.15) is 48.0 Å². The first-order chi connectivity index (χ1) is 8.64. The van der Waals surface area contributed by atoms with Gasteiger partial charge in [-0.2, -0.15) is 0 Å². The highest BCUT2D eigenvalue weighted by Gasteiger charge is 2.32. The minimum Gasteiger partial charge on any atom is -0.460 e. The molecule has 2 N–H and O–H groups in total. The minimum atomic E-state index is -0.848. The summed E-state index contributed by atoms with van der Waals surface area (Å²) in [5, 5.41) is 5.42. The van der Waals surface area contributed by atoms with Crippen molar-refractivity contribution in [2.45, 2.75) is 59.1 Å². The number of esters is 1. The number of ether oxygens (including phenoxy) is 1. The molecule has 1 unspecified atom stereocenters.